The molecule has 0 radical (unpaired) electrons. The number of fused-ring (bicyclic) bond motifs is 1. The van der Waals surface area contributed by atoms with Crippen molar-refractivity contribution in [3.8, 4) is 5.75 Å². The zero-order chi connectivity index (χ0) is 23.6. The molecule has 6 nitrogen and oxygen atoms in total. The molecule has 0 saturated heterocycles. The summed E-state index contributed by atoms with van der Waals surface area (Å²) in [6.45, 7) is 2.59. The molecule has 0 atom stereocenters. The second-order valence-corrected chi connectivity index (χ2v) is 11.8. The van der Waals surface area contributed by atoms with Crippen molar-refractivity contribution in [2.45, 2.75) is 56.6 Å². The zero-order valence-electron chi connectivity index (χ0n) is 19.8. The van der Waals surface area contributed by atoms with Crippen LogP contribution in [0.2, 0.25) is 0 Å². The monoisotopic (exact) mass is 470 g/mol. The summed E-state index contributed by atoms with van der Waals surface area (Å²) in [6.07, 6.45) is 5.84. The Kier molecular flexibility index (Phi) is 6.82. The van der Waals surface area contributed by atoms with E-state index in [0.29, 0.717) is 12.3 Å². The first-order chi connectivity index (χ1) is 15.7. The predicted molar refractivity (Wildman–Crippen MR) is 129 cm³/mol. The third kappa shape index (κ3) is 5.25. The number of ether oxygens (including phenoxy) is 1. The van der Waals surface area contributed by atoms with Crippen LogP contribution in [0.15, 0.2) is 47.4 Å². The van der Waals surface area contributed by atoms with Crippen LogP contribution >= 0.6 is 0 Å². The summed E-state index contributed by atoms with van der Waals surface area (Å²) in [5.74, 6) is 0.399. The molecule has 1 aliphatic carbocycles. The molecule has 0 spiro atoms. The van der Waals surface area contributed by atoms with E-state index >= 15 is 0 Å². The van der Waals surface area contributed by atoms with Gasteiger partial charge in [0.05, 0.1) is 5.41 Å². The van der Waals surface area contributed by atoms with Gasteiger partial charge in [0.15, 0.2) is 9.84 Å². The largest absolute Gasteiger partial charge is 0.491 e. The van der Waals surface area contributed by atoms with Crippen LogP contribution in [0.5, 0.6) is 5.75 Å². The van der Waals surface area contributed by atoms with E-state index in [0.717, 1.165) is 50.8 Å². The second-order valence-electron chi connectivity index (χ2n) is 9.80. The van der Waals surface area contributed by atoms with E-state index in [4.69, 9.17) is 4.74 Å². The molecule has 178 valence electrons. The lowest BCUT2D eigenvalue weighted by Gasteiger charge is -2.37. The first kappa shape index (κ1) is 23.8. The number of carbonyl (C=O) groups excluding carboxylic acids is 1. The van der Waals surface area contributed by atoms with Crippen LogP contribution in [0.3, 0.4) is 0 Å². The SMILES string of the molecule is CN(C)C(=O)C1(COc2ccc(CN3Cc4ccccc4C3)cc2S(C)(=O)=O)CCCCC1. The Morgan fingerprint density at radius 1 is 1.03 bits per heavy atom. The van der Waals surface area contributed by atoms with E-state index in [9.17, 15) is 13.2 Å². The van der Waals surface area contributed by atoms with Crippen LogP contribution in [-0.4, -0.2) is 51.1 Å². The lowest BCUT2D eigenvalue weighted by molar-refractivity contribution is -0.143. The number of hydrogen-bond donors (Lipinski definition) is 0. The Hall–Kier alpha value is -2.38. The number of sulfone groups is 1. The van der Waals surface area contributed by atoms with E-state index in [2.05, 4.69) is 29.2 Å². The summed E-state index contributed by atoms with van der Waals surface area (Å²) in [6, 6.07) is 13.8. The highest BCUT2D eigenvalue weighted by Crippen LogP contribution is 2.39. The number of benzene rings is 2. The fourth-order valence-electron chi connectivity index (χ4n) is 5.17. The minimum Gasteiger partial charge on any atom is -0.491 e. The molecule has 2 aromatic carbocycles. The molecule has 2 aliphatic rings. The first-order valence-corrected chi connectivity index (χ1v) is 13.5. The average Bonchev–Trinajstić information content (AvgIpc) is 3.20. The molecular formula is C26H34N2O4S. The Labute approximate surface area is 197 Å². The van der Waals surface area contributed by atoms with Crippen molar-refractivity contribution in [3.05, 3.63) is 59.2 Å². The van der Waals surface area contributed by atoms with Crippen molar-refractivity contribution in [2.75, 3.05) is 27.0 Å². The Bertz CT molecular complexity index is 1100. The van der Waals surface area contributed by atoms with Gasteiger partial charge < -0.3 is 9.64 Å². The van der Waals surface area contributed by atoms with Crippen molar-refractivity contribution < 1.29 is 17.9 Å². The maximum absolute atomic E-state index is 13.0. The van der Waals surface area contributed by atoms with Gasteiger partial charge in [-0.25, -0.2) is 8.42 Å². The molecule has 1 fully saturated rings. The molecule has 0 N–H and O–H groups in total. The maximum atomic E-state index is 13.0. The van der Waals surface area contributed by atoms with E-state index in [1.54, 1.807) is 31.1 Å². The van der Waals surface area contributed by atoms with Crippen LogP contribution < -0.4 is 4.74 Å². The normalized spacial score (nSPS) is 18.0. The first-order valence-electron chi connectivity index (χ1n) is 11.6. The standard InChI is InChI=1S/C26H34N2O4S/c1-27(2)25(29)26(13-7-4-8-14-26)19-32-23-12-11-20(15-24(23)33(3,30)31)16-28-17-21-9-5-6-10-22(21)18-28/h5-6,9-12,15H,4,7-8,13-14,16-19H2,1-3H3. The van der Waals surface area contributed by atoms with E-state index in [-0.39, 0.29) is 17.4 Å². The summed E-state index contributed by atoms with van der Waals surface area (Å²) in [5.41, 5.74) is 3.00. The fourth-order valence-corrected chi connectivity index (χ4v) is 6.03. The minimum atomic E-state index is -3.49. The van der Waals surface area contributed by atoms with Crippen molar-refractivity contribution in [1.29, 1.82) is 0 Å². The van der Waals surface area contributed by atoms with Gasteiger partial charge in [-0.2, -0.15) is 0 Å². The second kappa shape index (κ2) is 9.47. The number of hydrogen-bond acceptors (Lipinski definition) is 5. The van der Waals surface area contributed by atoms with Crippen LogP contribution in [0.1, 0.15) is 48.8 Å². The Morgan fingerprint density at radius 2 is 1.67 bits per heavy atom. The minimum absolute atomic E-state index is 0.0633. The molecule has 33 heavy (non-hydrogen) atoms. The lowest BCUT2D eigenvalue weighted by atomic mass is 9.73. The molecule has 0 aromatic heterocycles. The molecule has 1 amide bonds. The van der Waals surface area contributed by atoms with Gasteiger partial charge in [0.2, 0.25) is 5.91 Å². The number of nitrogens with zero attached hydrogens (tertiary/aromatic N) is 2. The van der Waals surface area contributed by atoms with Crippen LogP contribution in [-0.2, 0) is 34.3 Å². The van der Waals surface area contributed by atoms with Crippen molar-refractivity contribution >= 4 is 15.7 Å². The third-order valence-electron chi connectivity index (χ3n) is 6.89. The van der Waals surface area contributed by atoms with Gasteiger partial charge in [-0.15, -0.1) is 0 Å². The topological polar surface area (TPSA) is 66.9 Å². The molecule has 1 saturated carbocycles. The number of amides is 1. The molecule has 1 heterocycles. The smallest absolute Gasteiger partial charge is 0.231 e. The Balaban J connectivity index is 1.53. The van der Waals surface area contributed by atoms with Crippen LogP contribution in [0, 0.1) is 5.41 Å². The summed E-state index contributed by atoms with van der Waals surface area (Å²) in [5, 5.41) is 0. The van der Waals surface area contributed by atoms with Gasteiger partial charge in [-0.3, -0.25) is 9.69 Å². The molecule has 4 rings (SSSR count). The molecule has 7 heteroatoms. The zero-order valence-corrected chi connectivity index (χ0v) is 20.7. The molecule has 0 bridgehead atoms. The fraction of sp³-hybridized carbons (Fsp3) is 0.500. The Morgan fingerprint density at radius 3 is 2.24 bits per heavy atom. The summed E-state index contributed by atoms with van der Waals surface area (Å²) in [7, 11) is 0.0484. The van der Waals surface area contributed by atoms with Crippen molar-refractivity contribution in [1.82, 2.24) is 9.80 Å². The third-order valence-corrected chi connectivity index (χ3v) is 8.01. The highest BCUT2D eigenvalue weighted by molar-refractivity contribution is 7.90. The van der Waals surface area contributed by atoms with Crippen molar-refractivity contribution in [3.63, 3.8) is 0 Å². The van der Waals surface area contributed by atoms with Gasteiger partial charge in [0.25, 0.3) is 0 Å². The quantitative estimate of drug-likeness (QED) is 0.611. The molecule has 2 aromatic rings. The van der Waals surface area contributed by atoms with Gasteiger partial charge in [0, 0.05) is 40.0 Å². The predicted octanol–water partition coefficient (Wildman–Crippen LogP) is 4.02. The van der Waals surface area contributed by atoms with Gasteiger partial charge >= 0.3 is 0 Å². The van der Waals surface area contributed by atoms with E-state index in [1.807, 2.05) is 6.07 Å². The summed E-state index contributed by atoms with van der Waals surface area (Å²) in [4.78, 5) is 17.1. The van der Waals surface area contributed by atoms with Crippen LogP contribution in [0.4, 0.5) is 0 Å². The molecule has 1 aliphatic heterocycles. The molecular weight excluding hydrogens is 436 g/mol. The summed E-state index contributed by atoms with van der Waals surface area (Å²) >= 11 is 0. The van der Waals surface area contributed by atoms with Crippen molar-refractivity contribution in [2.24, 2.45) is 5.41 Å². The highest BCUT2D eigenvalue weighted by Gasteiger charge is 2.41. The number of rotatable bonds is 7. The van der Waals surface area contributed by atoms with Gasteiger partial charge in [0.1, 0.15) is 17.3 Å². The maximum Gasteiger partial charge on any atom is 0.231 e. The van der Waals surface area contributed by atoms with Gasteiger partial charge in [-0.05, 0) is 41.7 Å². The van der Waals surface area contributed by atoms with E-state index in [1.165, 1.54) is 17.4 Å². The van der Waals surface area contributed by atoms with Crippen LogP contribution in [0.25, 0.3) is 0 Å². The molecule has 0 unspecified atom stereocenters. The van der Waals surface area contributed by atoms with Gasteiger partial charge in [-0.1, -0.05) is 49.6 Å². The van der Waals surface area contributed by atoms with E-state index < -0.39 is 15.3 Å². The summed E-state index contributed by atoms with van der Waals surface area (Å²) < 4.78 is 31.4. The average molecular weight is 471 g/mol. The highest BCUT2D eigenvalue weighted by atomic mass is 32.2. The lowest BCUT2D eigenvalue weighted by Crippen LogP contribution is -2.45. The number of carbonyl (C=O) groups is 1.